The van der Waals surface area contributed by atoms with Crippen molar-refractivity contribution in [1.82, 2.24) is 10.3 Å². The molecule has 1 N–H and O–H groups in total. The molecule has 1 atom stereocenters. The second kappa shape index (κ2) is 6.71. The van der Waals surface area contributed by atoms with Gasteiger partial charge in [-0.3, -0.25) is 4.98 Å². The van der Waals surface area contributed by atoms with Crippen molar-refractivity contribution in [3.05, 3.63) is 52.7 Å². The molecule has 0 saturated carbocycles. The average molecular weight is 272 g/mol. The molecule has 2 heterocycles. The highest BCUT2D eigenvalue weighted by molar-refractivity contribution is 5.26. The maximum atomic E-state index is 5.66. The quantitative estimate of drug-likeness (QED) is 0.870. The van der Waals surface area contributed by atoms with Crippen molar-refractivity contribution in [2.24, 2.45) is 0 Å². The summed E-state index contributed by atoms with van der Waals surface area (Å²) in [6, 6.07) is 6.69. The SMILES string of the molecule is CCNC(Cc1ccc(CC)cn1)c1cc(C)oc1C. The Bertz CT molecular complexity index is 543. The smallest absolute Gasteiger partial charge is 0.105 e. The molecule has 0 fully saturated rings. The maximum absolute atomic E-state index is 5.66. The molecular formula is C17H24N2O. The fraction of sp³-hybridized carbons (Fsp3) is 0.471. The highest BCUT2D eigenvalue weighted by Gasteiger charge is 2.17. The van der Waals surface area contributed by atoms with Gasteiger partial charge in [0.25, 0.3) is 0 Å². The van der Waals surface area contributed by atoms with Gasteiger partial charge < -0.3 is 9.73 Å². The first-order valence-corrected chi connectivity index (χ1v) is 7.38. The molecule has 0 saturated heterocycles. The van der Waals surface area contributed by atoms with Crippen LogP contribution in [0.5, 0.6) is 0 Å². The molecule has 2 aromatic rings. The maximum Gasteiger partial charge on any atom is 0.105 e. The van der Waals surface area contributed by atoms with Crippen molar-refractivity contribution >= 4 is 0 Å². The van der Waals surface area contributed by atoms with Crippen LogP contribution in [-0.2, 0) is 12.8 Å². The van der Waals surface area contributed by atoms with Gasteiger partial charge in [0.1, 0.15) is 11.5 Å². The second-order valence-corrected chi connectivity index (χ2v) is 5.19. The van der Waals surface area contributed by atoms with Crippen LogP contribution in [0.4, 0.5) is 0 Å². The van der Waals surface area contributed by atoms with Gasteiger partial charge in [0, 0.05) is 29.9 Å². The lowest BCUT2D eigenvalue weighted by Crippen LogP contribution is -2.23. The molecular weight excluding hydrogens is 248 g/mol. The summed E-state index contributed by atoms with van der Waals surface area (Å²) >= 11 is 0. The molecule has 0 aromatic carbocycles. The van der Waals surface area contributed by atoms with Gasteiger partial charge in [0.05, 0.1) is 0 Å². The first kappa shape index (κ1) is 14.8. The molecule has 2 rings (SSSR count). The number of nitrogens with zero attached hydrogens (tertiary/aromatic N) is 1. The topological polar surface area (TPSA) is 38.1 Å². The van der Waals surface area contributed by atoms with Crippen LogP contribution in [0.1, 0.15) is 48.2 Å². The molecule has 0 aliphatic heterocycles. The van der Waals surface area contributed by atoms with Crippen LogP contribution in [0.15, 0.2) is 28.8 Å². The monoisotopic (exact) mass is 272 g/mol. The standard InChI is InChI=1S/C17H24N2O/c1-5-14-7-8-15(19-11-14)10-17(18-6-2)16-9-12(3)20-13(16)4/h7-9,11,17-18H,5-6,10H2,1-4H3. The van der Waals surface area contributed by atoms with Crippen molar-refractivity contribution in [1.29, 1.82) is 0 Å². The molecule has 0 spiro atoms. The van der Waals surface area contributed by atoms with Gasteiger partial charge in [-0.15, -0.1) is 0 Å². The fourth-order valence-corrected chi connectivity index (χ4v) is 2.53. The Kier molecular flexibility index (Phi) is 4.96. The van der Waals surface area contributed by atoms with Crippen molar-refractivity contribution < 1.29 is 4.42 Å². The third-order valence-corrected chi connectivity index (χ3v) is 3.61. The zero-order chi connectivity index (χ0) is 14.5. The average Bonchev–Trinajstić information content (AvgIpc) is 2.78. The van der Waals surface area contributed by atoms with Gasteiger partial charge in [0.2, 0.25) is 0 Å². The normalized spacial score (nSPS) is 12.6. The third kappa shape index (κ3) is 3.48. The van der Waals surface area contributed by atoms with Crippen LogP contribution in [0.3, 0.4) is 0 Å². The fourth-order valence-electron chi connectivity index (χ4n) is 2.53. The Labute approximate surface area is 121 Å². The van der Waals surface area contributed by atoms with E-state index in [0.717, 1.165) is 36.6 Å². The molecule has 1 unspecified atom stereocenters. The van der Waals surface area contributed by atoms with Crippen LogP contribution in [0.2, 0.25) is 0 Å². The molecule has 0 aliphatic rings. The Hall–Kier alpha value is -1.61. The van der Waals surface area contributed by atoms with Crippen LogP contribution in [0, 0.1) is 13.8 Å². The highest BCUT2D eigenvalue weighted by Crippen LogP contribution is 2.24. The summed E-state index contributed by atoms with van der Waals surface area (Å²) in [7, 11) is 0. The predicted molar refractivity (Wildman–Crippen MR) is 81.9 cm³/mol. The van der Waals surface area contributed by atoms with E-state index in [2.05, 4.69) is 42.3 Å². The summed E-state index contributed by atoms with van der Waals surface area (Å²) in [6.45, 7) is 9.23. The lowest BCUT2D eigenvalue weighted by atomic mass is 10.0. The molecule has 3 heteroatoms. The van der Waals surface area contributed by atoms with E-state index in [1.54, 1.807) is 0 Å². The molecule has 20 heavy (non-hydrogen) atoms. The van der Waals surface area contributed by atoms with Gasteiger partial charge >= 0.3 is 0 Å². The van der Waals surface area contributed by atoms with Gasteiger partial charge in [-0.1, -0.05) is 19.9 Å². The Morgan fingerprint density at radius 1 is 1.25 bits per heavy atom. The highest BCUT2D eigenvalue weighted by atomic mass is 16.3. The zero-order valence-corrected chi connectivity index (χ0v) is 12.9. The molecule has 3 nitrogen and oxygen atoms in total. The van der Waals surface area contributed by atoms with Crippen molar-refractivity contribution in [2.75, 3.05) is 6.54 Å². The molecule has 0 aliphatic carbocycles. The first-order valence-electron chi connectivity index (χ1n) is 7.38. The zero-order valence-electron chi connectivity index (χ0n) is 12.9. The number of furan rings is 1. The molecule has 0 amide bonds. The largest absolute Gasteiger partial charge is 0.466 e. The Balaban J connectivity index is 2.18. The van der Waals surface area contributed by atoms with Crippen molar-refractivity contribution in [3.63, 3.8) is 0 Å². The van der Waals surface area contributed by atoms with E-state index < -0.39 is 0 Å². The Morgan fingerprint density at radius 3 is 2.55 bits per heavy atom. The summed E-state index contributed by atoms with van der Waals surface area (Å²) in [5.74, 6) is 1.97. The number of hydrogen-bond acceptors (Lipinski definition) is 3. The number of aryl methyl sites for hydroxylation is 3. The third-order valence-electron chi connectivity index (χ3n) is 3.61. The first-order chi connectivity index (χ1) is 9.63. The number of pyridine rings is 1. The molecule has 0 radical (unpaired) electrons. The van der Waals surface area contributed by atoms with Gasteiger partial charge in [-0.25, -0.2) is 0 Å². The summed E-state index contributed by atoms with van der Waals surface area (Å²) in [4.78, 5) is 4.56. The van der Waals surface area contributed by atoms with Gasteiger partial charge in [-0.05, 0) is 44.5 Å². The minimum atomic E-state index is 0.262. The van der Waals surface area contributed by atoms with Gasteiger partial charge in [-0.2, -0.15) is 0 Å². The predicted octanol–water partition coefficient (Wildman–Crippen LogP) is 3.75. The van der Waals surface area contributed by atoms with E-state index in [4.69, 9.17) is 4.42 Å². The number of nitrogens with one attached hydrogen (secondary N) is 1. The van der Waals surface area contributed by atoms with Gasteiger partial charge in [0.15, 0.2) is 0 Å². The van der Waals surface area contributed by atoms with E-state index >= 15 is 0 Å². The summed E-state index contributed by atoms with van der Waals surface area (Å²) in [6.07, 6.45) is 3.90. The molecule has 0 bridgehead atoms. The number of likely N-dealkylation sites (N-methyl/N-ethyl adjacent to an activating group) is 1. The lowest BCUT2D eigenvalue weighted by molar-refractivity contribution is 0.483. The minimum absolute atomic E-state index is 0.262. The summed E-state index contributed by atoms with van der Waals surface area (Å²) < 4.78 is 5.66. The molecule has 108 valence electrons. The number of aromatic nitrogens is 1. The van der Waals surface area contributed by atoms with E-state index in [1.807, 2.05) is 20.0 Å². The number of rotatable bonds is 6. The van der Waals surface area contributed by atoms with Crippen molar-refractivity contribution in [3.8, 4) is 0 Å². The van der Waals surface area contributed by atoms with E-state index in [0.29, 0.717) is 0 Å². The van der Waals surface area contributed by atoms with Crippen LogP contribution in [0.25, 0.3) is 0 Å². The van der Waals surface area contributed by atoms with Crippen molar-refractivity contribution in [2.45, 2.75) is 46.6 Å². The second-order valence-electron chi connectivity index (χ2n) is 5.19. The Morgan fingerprint density at radius 2 is 2.05 bits per heavy atom. The number of hydrogen-bond donors (Lipinski definition) is 1. The van der Waals surface area contributed by atoms with Crippen LogP contribution in [-0.4, -0.2) is 11.5 Å². The molecule has 2 aromatic heterocycles. The summed E-state index contributed by atoms with van der Waals surface area (Å²) in [5, 5.41) is 3.53. The van der Waals surface area contributed by atoms with Crippen LogP contribution < -0.4 is 5.32 Å². The van der Waals surface area contributed by atoms with E-state index in [-0.39, 0.29) is 6.04 Å². The van der Waals surface area contributed by atoms with E-state index in [9.17, 15) is 0 Å². The lowest BCUT2D eigenvalue weighted by Gasteiger charge is -2.17. The van der Waals surface area contributed by atoms with E-state index in [1.165, 1.54) is 11.1 Å². The van der Waals surface area contributed by atoms with Crippen LogP contribution >= 0.6 is 0 Å². The minimum Gasteiger partial charge on any atom is -0.466 e. The summed E-state index contributed by atoms with van der Waals surface area (Å²) in [5.41, 5.74) is 3.64.